The number of amides is 1. The standard InChI is InChI=1S/C14H29N3O/c1-11(2)8-12(17(3)4)9-16-13(18)14(10-15)6-5-7-14/h11-12H,5-10,15H2,1-4H3,(H,16,18). The van der Waals surface area contributed by atoms with Crippen molar-refractivity contribution in [3.05, 3.63) is 0 Å². The summed E-state index contributed by atoms with van der Waals surface area (Å²) in [4.78, 5) is 14.4. The van der Waals surface area contributed by atoms with E-state index in [2.05, 4.69) is 38.2 Å². The van der Waals surface area contributed by atoms with E-state index in [1.807, 2.05) is 0 Å². The molecule has 0 aromatic rings. The van der Waals surface area contributed by atoms with E-state index in [4.69, 9.17) is 5.73 Å². The molecule has 3 N–H and O–H groups in total. The molecule has 1 saturated carbocycles. The van der Waals surface area contributed by atoms with Crippen LogP contribution in [-0.4, -0.2) is 44.0 Å². The zero-order chi connectivity index (χ0) is 13.8. The number of carbonyl (C=O) groups is 1. The minimum atomic E-state index is -0.255. The van der Waals surface area contributed by atoms with E-state index in [1.165, 1.54) is 0 Å². The molecule has 0 aliphatic heterocycles. The lowest BCUT2D eigenvalue weighted by atomic mass is 9.68. The van der Waals surface area contributed by atoms with E-state index in [1.54, 1.807) is 0 Å². The molecule has 18 heavy (non-hydrogen) atoms. The molecule has 1 rings (SSSR count). The van der Waals surface area contributed by atoms with Crippen LogP contribution in [0.3, 0.4) is 0 Å². The van der Waals surface area contributed by atoms with Gasteiger partial charge in [0.1, 0.15) is 0 Å². The summed E-state index contributed by atoms with van der Waals surface area (Å²) in [5.41, 5.74) is 5.49. The minimum absolute atomic E-state index is 0.159. The highest BCUT2D eigenvalue weighted by atomic mass is 16.2. The summed E-state index contributed by atoms with van der Waals surface area (Å²) in [5, 5.41) is 3.10. The molecule has 1 fully saturated rings. The van der Waals surface area contributed by atoms with Crippen LogP contribution in [0.1, 0.15) is 39.5 Å². The molecule has 1 aliphatic carbocycles. The van der Waals surface area contributed by atoms with Crippen LogP contribution in [0.25, 0.3) is 0 Å². The van der Waals surface area contributed by atoms with Gasteiger partial charge in [0.25, 0.3) is 0 Å². The van der Waals surface area contributed by atoms with E-state index in [0.717, 1.165) is 32.2 Å². The van der Waals surface area contributed by atoms with Crippen LogP contribution in [0.2, 0.25) is 0 Å². The number of likely N-dealkylation sites (N-methyl/N-ethyl adjacent to an activating group) is 1. The molecule has 0 bridgehead atoms. The van der Waals surface area contributed by atoms with Crippen LogP contribution < -0.4 is 11.1 Å². The van der Waals surface area contributed by atoms with Gasteiger partial charge in [-0.2, -0.15) is 0 Å². The summed E-state index contributed by atoms with van der Waals surface area (Å²) in [7, 11) is 4.14. The topological polar surface area (TPSA) is 58.4 Å². The van der Waals surface area contributed by atoms with Gasteiger partial charge in [-0.3, -0.25) is 4.79 Å². The lowest BCUT2D eigenvalue weighted by molar-refractivity contribution is -0.135. The van der Waals surface area contributed by atoms with Crippen molar-refractivity contribution in [3.8, 4) is 0 Å². The van der Waals surface area contributed by atoms with Gasteiger partial charge in [-0.1, -0.05) is 20.3 Å². The molecule has 0 radical (unpaired) electrons. The van der Waals surface area contributed by atoms with Gasteiger partial charge in [0.2, 0.25) is 5.91 Å². The van der Waals surface area contributed by atoms with E-state index >= 15 is 0 Å². The van der Waals surface area contributed by atoms with E-state index < -0.39 is 0 Å². The van der Waals surface area contributed by atoms with Crippen LogP contribution in [0.5, 0.6) is 0 Å². The van der Waals surface area contributed by atoms with Gasteiger partial charge in [0.05, 0.1) is 5.41 Å². The zero-order valence-electron chi connectivity index (χ0n) is 12.3. The number of carbonyl (C=O) groups excluding carboxylic acids is 1. The highest BCUT2D eigenvalue weighted by Crippen LogP contribution is 2.39. The van der Waals surface area contributed by atoms with Gasteiger partial charge in [-0.15, -0.1) is 0 Å². The van der Waals surface area contributed by atoms with Gasteiger partial charge in [-0.05, 0) is 39.3 Å². The molecule has 0 aromatic carbocycles. The quantitative estimate of drug-likeness (QED) is 0.719. The Morgan fingerprint density at radius 2 is 2.00 bits per heavy atom. The van der Waals surface area contributed by atoms with Gasteiger partial charge in [0.15, 0.2) is 0 Å². The predicted octanol–water partition coefficient (Wildman–Crippen LogP) is 1.21. The average molecular weight is 255 g/mol. The lowest BCUT2D eigenvalue weighted by Crippen LogP contribution is -2.52. The van der Waals surface area contributed by atoms with Gasteiger partial charge < -0.3 is 16.0 Å². The second kappa shape index (κ2) is 6.53. The highest BCUT2D eigenvalue weighted by molar-refractivity contribution is 5.83. The Balaban J connectivity index is 2.44. The predicted molar refractivity (Wildman–Crippen MR) is 75.3 cm³/mol. The first-order valence-corrected chi connectivity index (χ1v) is 7.06. The number of rotatable bonds is 7. The fraction of sp³-hybridized carbons (Fsp3) is 0.929. The van der Waals surface area contributed by atoms with Crippen molar-refractivity contribution in [1.29, 1.82) is 0 Å². The molecule has 0 heterocycles. The van der Waals surface area contributed by atoms with Crippen molar-refractivity contribution in [3.63, 3.8) is 0 Å². The van der Waals surface area contributed by atoms with Crippen molar-refractivity contribution < 1.29 is 4.79 Å². The van der Waals surface area contributed by atoms with Crippen molar-refractivity contribution in [2.75, 3.05) is 27.2 Å². The highest BCUT2D eigenvalue weighted by Gasteiger charge is 2.42. The largest absolute Gasteiger partial charge is 0.354 e. The molecular formula is C14H29N3O. The van der Waals surface area contributed by atoms with Crippen molar-refractivity contribution in [2.24, 2.45) is 17.1 Å². The Bertz CT molecular complexity index is 267. The van der Waals surface area contributed by atoms with Gasteiger partial charge >= 0.3 is 0 Å². The molecule has 1 atom stereocenters. The molecule has 1 aliphatic rings. The normalized spacial score (nSPS) is 19.7. The van der Waals surface area contributed by atoms with E-state index in [0.29, 0.717) is 18.5 Å². The third-order valence-electron chi connectivity index (χ3n) is 4.16. The van der Waals surface area contributed by atoms with Crippen LogP contribution in [0, 0.1) is 11.3 Å². The maximum absolute atomic E-state index is 12.2. The van der Waals surface area contributed by atoms with Crippen LogP contribution >= 0.6 is 0 Å². The van der Waals surface area contributed by atoms with Gasteiger partial charge in [-0.25, -0.2) is 0 Å². The molecule has 0 aromatic heterocycles. The Kier molecular flexibility index (Phi) is 5.60. The Morgan fingerprint density at radius 3 is 2.33 bits per heavy atom. The molecular weight excluding hydrogens is 226 g/mol. The monoisotopic (exact) mass is 255 g/mol. The smallest absolute Gasteiger partial charge is 0.227 e. The number of hydrogen-bond donors (Lipinski definition) is 2. The van der Waals surface area contributed by atoms with E-state index in [-0.39, 0.29) is 11.3 Å². The van der Waals surface area contributed by atoms with Crippen LogP contribution in [0.4, 0.5) is 0 Å². The first-order valence-electron chi connectivity index (χ1n) is 7.06. The Labute approximate surface area is 111 Å². The summed E-state index contributed by atoms with van der Waals surface area (Å²) in [5.74, 6) is 0.799. The fourth-order valence-corrected chi connectivity index (χ4v) is 2.55. The molecule has 4 heteroatoms. The second-order valence-electron chi connectivity index (χ2n) is 6.30. The maximum Gasteiger partial charge on any atom is 0.227 e. The first-order chi connectivity index (χ1) is 8.41. The minimum Gasteiger partial charge on any atom is -0.354 e. The van der Waals surface area contributed by atoms with Crippen LogP contribution in [0.15, 0.2) is 0 Å². The number of nitrogens with zero attached hydrogens (tertiary/aromatic N) is 1. The summed E-state index contributed by atoms with van der Waals surface area (Å²) < 4.78 is 0. The molecule has 106 valence electrons. The maximum atomic E-state index is 12.2. The molecule has 0 saturated heterocycles. The molecule has 1 amide bonds. The third kappa shape index (κ3) is 3.69. The second-order valence-corrected chi connectivity index (χ2v) is 6.30. The zero-order valence-corrected chi connectivity index (χ0v) is 12.3. The number of nitrogens with two attached hydrogens (primary N) is 1. The van der Waals surface area contributed by atoms with Gasteiger partial charge in [0, 0.05) is 19.1 Å². The van der Waals surface area contributed by atoms with Crippen molar-refractivity contribution in [1.82, 2.24) is 10.2 Å². The fourth-order valence-electron chi connectivity index (χ4n) is 2.55. The van der Waals surface area contributed by atoms with Crippen molar-refractivity contribution in [2.45, 2.75) is 45.6 Å². The summed E-state index contributed by atoms with van der Waals surface area (Å²) in [6.07, 6.45) is 4.13. The average Bonchev–Trinajstić information content (AvgIpc) is 2.22. The van der Waals surface area contributed by atoms with Crippen molar-refractivity contribution >= 4 is 5.91 Å². The van der Waals surface area contributed by atoms with Crippen LogP contribution in [-0.2, 0) is 4.79 Å². The Morgan fingerprint density at radius 1 is 1.39 bits per heavy atom. The lowest BCUT2D eigenvalue weighted by Gasteiger charge is -2.39. The number of nitrogens with one attached hydrogen (secondary N) is 1. The van der Waals surface area contributed by atoms with E-state index in [9.17, 15) is 4.79 Å². The SMILES string of the molecule is CC(C)CC(CNC(=O)C1(CN)CCC1)N(C)C. The third-order valence-corrected chi connectivity index (χ3v) is 4.16. The Hall–Kier alpha value is -0.610. The molecule has 4 nitrogen and oxygen atoms in total. The summed E-state index contributed by atoms with van der Waals surface area (Å²) >= 11 is 0. The first kappa shape index (κ1) is 15.4. The summed E-state index contributed by atoms with van der Waals surface area (Å²) in [6, 6.07) is 0.406. The number of hydrogen-bond acceptors (Lipinski definition) is 3. The molecule has 1 unspecified atom stereocenters. The molecule has 0 spiro atoms. The summed E-state index contributed by atoms with van der Waals surface area (Å²) in [6.45, 7) is 5.64.